The van der Waals surface area contributed by atoms with Crippen molar-refractivity contribution in [1.82, 2.24) is 9.80 Å². The van der Waals surface area contributed by atoms with Gasteiger partial charge in [0.15, 0.2) is 0 Å². The maximum Gasteiger partial charge on any atom is 0.316 e. The molecule has 2 rings (SSSR count). The van der Waals surface area contributed by atoms with Gasteiger partial charge in [0.05, 0.1) is 32.6 Å². The molecule has 0 radical (unpaired) electrons. The van der Waals surface area contributed by atoms with E-state index in [4.69, 9.17) is 10.5 Å². The first kappa shape index (κ1) is 6.87. The molecule has 2 saturated heterocycles. The SMILES string of the molecule is NC(=O)N1CN(C2COC2)C1. The second-order valence-electron chi connectivity index (χ2n) is 2.94. The Morgan fingerprint density at radius 3 is 2.45 bits per heavy atom. The number of carbonyl (C=O) groups excluding carboxylic acids is 1. The minimum absolute atomic E-state index is 0.332. The Morgan fingerprint density at radius 2 is 2.09 bits per heavy atom. The number of nitrogens with zero attached hydrogens (tertiary/aromatic N) is 2. The van der Waals surface area contributed by atoms with E-state index in [1.165, 1.54) is 0 Å². The van der Waals surface area contributed by atoms with Gasteiger partial charge in [0.1, 0.15) is 0 Å². The molecule has 0 unspecified atom stereocenters. The average molecular weight is 157 g/mol. The third-order valence-electron chi connectivity index (χ3n) is 2.15. The molecule has 0 aromatic carbocycles. The van der Waals surface area contributed by atoms with Crippen molar-refractivity contribution in [1.29, 1.82) is 0 Å². The van der Waals surface area contributed by atoms with Crippen molar-refractivity contribution >= 4 is 6.03 Å². The van der Waals surface area contributed by atoms with Crippen molar-refractivity contribution < 1.29 is 9.53 Å². The van der Waals surface area contributed by atoms with E-state index in [0.29, 0.717) is 19.4 Å². The lowest BCUT2D eigenvalue weighted by Crippen LogP contribution is -2.66. The molecule has 0 atom stereocenters. The van der Waals surface area contributed by atoms with Crippen LogP contribution in [0.3, 0.4) is 0 Å². The van der Waals surface area contributed by atoms with Gasteiger partial charge in [0, 0.05) is 0 Å². The highest BCUT2D eigenvalue weighted by Crippen LogP contribution is 2.17. The van der Waals surface area contributed by atoms with Crippen molar-refractivity contribution in [2.45, 2.75) is 6.04 Å². The van der Waals surface area contributed by atoms with Crippen LogP contribution in [-0.4, -0.2) is 48.4 Å². The molecule has 2 aliphatic rings. The molecular weight excluding hydrogens is 146 g/mol. The summed E-state index contributed by atoms with van der Waals surface area (Å²) in [5.41, 5.74) is 5.05. The van der Waals surface area contributed by atoms with Crippen molar-refractivity contribution in [3.05, 3.63) is 0 Å². The second kappa shape index (κ2) is 2.35. The number of urea groups is 1. The Kier molecular flexibility index (Phi) is 1.47. The van der Waals surface area contributed by atoms with E-state index in [9.17, 15) is 4.79 Å². The van der Waals surface area contributed by atoms with Gasteiger partial charge in [-0.25, -0.2) is 4.79 Å². The summed E-state index contributed by atoms with van der Waals surface area (Å²) in [6, 6.07) is 0.187. The summed E-state index contributed by atoms with van der Waals surface area (Å²) >= 11 is 0. The first-order valence-electron chi connectivity index (χ1n) is 3.63. The van der Waals surface area contributed by atoms with Crippen molar-refractivity contribution in [3.8, 4) is 0 Å². The van der Waals surface area contributed by atoms with Gasteiger partial charge >= 0.3 is 6.03 Å². The summed E-state index contributed by atoms with van der Waals surface area (Å²) in [6.07, 6.45) is 0. The fraction of sp³-hybridized carbons (Fsp3) is 0.833. The third-order valence-corrected chi connectivity index (χ3v) is 2.15. The number of nitrogens with two attached hydrogens (primary N) is 1. The summed E-state index contributed by atoms with van der Waals surface area (Å²) in [7, 11) is 0. The lowest BCUT2D eigenvalue weighted by atomic mass is 10.2. The largest absolute Gasteiger partial charge is 0.378 e. The minimum Gasteiger partial charge on any atom is -0.378 e. The average Bonchev–Trinajstić information content (AvgIpc) is 1.70. The Balaban J connectivity index is 1.74. The number of primary amides is 1. The second-order valence-corrected chi connectivity index (χ2v) is 2.94. The summed E-state index contributed by atoms with van der Waals surface area (Å²) in [5.74, 6) is 0. The Morgan fingerprint density at radius 1 is 1.45 bits per heavy atom. The van der Waals surface area contributed by atoms with Gasteiger partial charge in [-0.05, 0) is 0 Å². The predicted molar refractivity (Wildman–Crippen MR) is 37.6 cm³/mol. The molecule has 11 heavy (non-hydrogen) atoms. The van der Waals surface area contributed by atoms with E-state index in [2.05, 4.69) is 4.90 Å². The fourth-order valence-corrected chi connectivity index (χ4v) is 1.20. The fourth-order valence-electron chi connectivity index (χ4n) is 1.20. The number of carbonyl (C=O) groups is 1. The molecule has 2 heterocycles. The van der Waals surface area contributed by atoms with Crippen LogP contribution in [0.25, 0.3) is 0 Å². The van der Waals surface area contributed by atoms with E-state index in [0.717, 1.165) is 13.2 Å². The normalized spacial score (nSPS) is 26.0. The van der Waals surface area contributed by atoms with Crippen molar-refractivity contribution in [2.24, 2.45) is 5.73 Å². The number of ether oxygens (including phenoxy) is 1. The summed E-state index contributed by atoms with van der Waals surface area (Å²) in [6.45, 7) is 2.94. The van der Waals surface area contributed by atoms with Crippen molar-refractivity contribution in [2.75, 3.05) is 26.6 Å². The highest BCUT2D eigenvalue weighted by molar-refractivity contribution is 5.72. The maximum absolute atomic E-state index is 10.5. The van der Waals surface area contributed by atoms with Gasteiger partial charge in [-0.3, -0.25) is 9.80 Å². The monoisotopic (exact) mass is 157 g/mol. The first-order valence-corrected chi connectivity index (χ1v) is 3.63. The van der Waals surface area contributed by atoms with Crippen LogP contribution >= 0.6 is 0 Å². The van der Waals surface area contributed by atoms with E-state index in [1.54, 1.807) is 4.90 Å². The molecular formula is C6H11N3O2. The van der Waals surface area contributed by atoms with Crippen molar-refractivity contribution in [3.63, 3.8) is 0 Å². The van der Waals surface area contributed by atoms with Gasteiger partial charge < -0.3 is 10.5 Å². The van der Waals surface area contributed by atoms with Gasteiger partial charge in [-0.2, -0.15) is 0 Å². The van der Waals surface area contributed by atoms with Crippen LogP contribution in [-0.2, 0) is 4.74 Å². The molecule has 5 nitrogen and oxygen atoms in total. The highest BCUT2D eigenvalue weighted by Gasteiger charge is 2.35. The quantitative estimate of drug-likeness (QED) is 0.531. The Hall–Kier alpha value is -0.810. The lowest BCUT2D eigenvalue weighted by molar-refractivity contribution is -0.130. The van der Waals surface area contributed by atoms with Crippen LogP contribution in [0.1, 0.15) is 0 Å². The summed E-state index contributed by atoms with van der Waals surface area (Å²) in [4.78, 5) is 14.3. The van der Waals surface area contributed by atoms with Gasteiger partial charge in [-0.1, -0.05) is 0 Å². The van der Waals surface area contributed by atoms with Crippen LogP contribution in [0.2, 0.25) is 0 Å². The molecule has 2 N–H and O–H groups in total. The topological polar surface area (TPSA) is 58.8 Å². The van der Waals surface area contributed by atoms with E-state index in [1.807, 2.05) is 0 Å². The number of hydrogen-bond donors (Lipinski definition) is 1. The molecule has 0 aliphatic carbocycles. The molecule has 5 heteroatoms. The van der Waals surface area contributed by atoms with E-state index >= 15 is 0 Å². The van der Waals surface area contributed by atoms with Gasteiger partial charge in [-0.15, -0.1) is 0 Å². The molecule has 2 fully saturated rings. The minimum atomic E-state index is -0.332. The molecule has 0 spiro atoms. The standard InChI is InChI=1S/C6H11N3O2/c7-6(10)9-3-8(4-9)5-1-11-2-5/h5H,1-4H2,(H2,7,10). The summed E-state index contributed by atoms with van der Waals surface area (Å²) in [5, 5.41) is 0. The Labute approximate surface area is 64.7 Å². The molecule has 0 saturated carbocycles. The van der Waals surface area contributed by atoms with Crippen LogP contribution in [0.15, 0.2) is 0 Å². The van der Waals surface area contributed by atoms with Gasteiger partial charge in [0.25, 0.3) is 0 Å². The molecule has 2 aliphatic heterocycles. The molecule has 0 aromatic heterocycles. The van der Waals surface area contributed by atoms with Gasteiger partial charge in [0.2, 0.25) is 0 Å². The number of rotatable bonds is 1. The summed E-state index contributed by atoms with van der Waals surface area (Å²) < 4.78 is 5.01. The smallest absolute Gasteiger partial charge is 0.316 e. The molecule has 0 bridgehead atoms. The first-order chi connectivity index (χ1) is 5.27. The lowest BCUT2D eigenvalue weighted by Gasteiger charge is -2.48. The number of hydrogen-bond acceptors (Lipinski definition) is 3. The highest BCUT2D eigenvalue weighted by atomic mass is 16.5. The van der Waals surface area contributed by atoms with Crippen LogP contribution < -0.4 is 5.73 Å². The van der Waals surface area contributed by atoms with E-state index < -0.39 is 0 Å². The van der Waals surface area contributed by atoms with Crippen LogP contribution in [0, 0.1) is 0 Å². The zero-order chi connectivity index (χ0) is 7.84. The third kappa shape index (κ3) is 1.06. The molecule has 62 valence electrons. The Bertz CT molecular complexity index is 175. The molecule has 2 amide bonds. The van der Waals surface area contributed by atoms with E-state index in [-0.39, 0.29) is 6.03 Å². The zero-order valence-corrected chi connectivity index (χ0v) is 6.19. The maximum atomic E-state index is 10.5. The predicted octanol–water partition coefficient (Wildman–Crippen LogP) is -1.00. The molecule has 0 aromatic rings. The zero-order valence-electron chi connectivity index (χ0n) is 6.19. The van der Waals surface area contributed by atoms with Crippen LogP contribution in [0.4, 0.5) is 4.79 Å². The number of amides is 2. The van der Waals surface area contributed by atoms with Crippen LogP contribution in [0.5, 0.6) is 0 Å².